The lowest BCUT2D eigenvalue weighted by molar-refractivity contribution is -0.189. The van der Waals surface area contributed by atoms with Gasteiger partial charge in [-0.15, -0.1) is 0 Å². The molecule has 2 unspecified atom stereocenters. The molecule has 1 amide bonds. The Morgan fingerprint density at radius 3 is 2.35 bits per heavy atom. The lowest BCUT2D eigenvalue weighted by atomic mass is 9.83. The summed E-state index contributed by atoms with van der Waals surface area (Å²) in [7, 11) is 0. The molecular weight excluding hydrogens is 269 g/mol. The molecule has 0 aromatic heterocycles. The second-order valence-electron chi connectivity index (χ2n) is 6.35. The Morgan fingerprint density at radius 1 is 1.15 bits per heavy atom. The fourth-order valence-electron chi connectivity index (χ4n) is 3.53. The molecule has 0 aromatic carbocycles. The largest absolute Gasteiger partial charge is 0.393 e. The van der Waals surface area contributed by atoms with Gasteiger partial charge in [0.15, 0.2) is 0 Å². The van der Waals surface area contributed by atoms with Gasteiger partial charge >= 0.3 is 6.18 Å². The van der Waals surface area contributed by atoms with E-state index in [4.69, 9.17) is 5.73 Å². The number of nitrogens with two attached hydrogens (primary N) is 1. The third kappa shape index (κ3) is 3.87. The van der Waals surface area contributed by atoms with Crippen molar-refractivity contribution in [2.45, 2.75) is 75.5 Å². The summed E-state index contributed by atoms with van der Waals surface area (Å²) < 4.78 is 38.8. The van der Waals surface area contributed by atoms with E-state index in [1.54, 1.807) is 0 Å². The first-order chi connectivity index (χ1) is 9.30. The molecule has 3 nitrogen and oxygen atoms in total. The van der Waals surface area contributed by atoms with Crippen LogP contribution in [0.15, 0.2) is 0 Å². The van der Waals surface area contributed by atoms with E-state index in [0.717, 1.165) is 32.1 Å². The molecule has 2 aliphatic carbocycles. The maximum absolute atomic E-state index is 12.9. The van der Waals surface area contributed by atoms with Crippen LogP contribution in [0.2, 0.25) is 0 Å². The van der Waals surface area contributed by atoms with Gasteiger partial charge in [-0.1, -0.05) is 25.7 Å². The summed E-state index contributed by atoms with van der Waals surface area (Å²) in [4.78, 5) is 12.0. The maximum Gasteiger partial charge on any atom is 0.393 e. The topological polar surface area (TPSA) is 55.1 Å². The second kappa shape index (κ2) is 5.92. The fourth-order valence-corrected chi connectivity index (χ4v) is 3.53. The molecule has 0 aliphatic heterocycles. The third-order valence-electron chi connectivity index (χ3n) is 4.64. The van der Waals surface area contributed by atoms with Crippen molar-refractivity contribution >= 4 is 5.91 Å². The lowest BCUT2D eigenvalue weighted by Gasteiger charge is -2.34. The van der Waals surface area contributed by atoms with Crippen LogP contribution in [0.3, 0.4) is 0 Å². The van der Waals surface area contributed by atoms with Crippen molar-refractivity contribution in [1.82, 2.24) is 5.32 Å². The monoisotopic (exact) mass is 292 g/mol. The van der Waals surface area contributed by atoms with Crippen LogP contribution in [0.4, 0.5) is 13.2 Å². The fraction of sp³-hybridized carbons (Fsp3) is 0.929. The summed E-state index contributed by atoms with van der Waals surface area (Å²) >= 11 is 0. The van der Waals surface area contributed by atoms with Gasteiger partial charge in [0.2, 0.25) is 5.91 Å². The van der Waals surface area contributed by atoms with Gasteiger partial charge in [-0.25, -0.2) is 0 Å². The van der Waals surface area contributed by atoms with Crippen LogP contribution in [0.5, 0.6) is 0 Å². The van der Waals surface area contributed by atoms with Gasteiger partial charge in [0.1, 0.15) is 0 Å². The van der Waals surface area contributed by atoms with E-state index < -0.39 is 23.7 Å². The Hall–Kier alpha value is -0.780. The molecule has 116 valence electrons. The molecule has 0 spiro atoms. The Balaban J connectivity index is 1.91. The van der Waals surface area contributed by atoms with Gasteiger partial charge in [0.05, 0.1) is 5.92 Å². The molecule has 2 atom stereocenters. The molecule has 0 radical (unpaired) electrons. The van der Waals surface area contributed by atoms with Crippen LogP contribution in [0.1, 0.15) is 57.8 Å². The highest BCUT2D eigenvalue weighted by molar-refractivity contribution is 5.77. The molecule has 3 N–H and O–H groups in total. The molecule has 2 rings (SSSR count). The quantitative estimate of drug-likeness (QED) is 0.840. The Kier molecular flexibility index (Phi) is 4.62. The summed E-state index contributed by atoms with van der Waals surface area (Å²) in [6.45, 7) is 0. The van der Waals surface area contributed by atoms with Gasteiger partial charge in [-0.05, 0) is 25.7 Å². The SMILES string of the molecule is NC1(CC(=O)NC2CCCCC2C(F)(F)F)CCCC1. The highest BCUT2D eigenvalue weighted by Gasteiger charge is 2.46. The van der Waals surface area contributed by atoms with Crippen molar-refractivity contribution < 1.29 is 18.0 Å². The number of hydrogen-bond acceptors (Lipinski definition) is 2. The first-order valence-electron chi connectivity index (χ1n) is 7.45. The zero-order valence-corrected chi connectivity index (χ0v) is 11.6. The molecule has 20 heavy (non-hydrogen) atoms. The van der Waals surface area contributed by atoms with E-state index in [-0.39, 0.29) is 18.7 Å². The molecular formula is C14H23F3N2O. The minimum Gasteiger partial charge on any atom is -0.353 e. The summed E-state index contributed by atoms with van der Waals surface area (Å²) in [6, 6.07) is -0.777. The average Bonchev–Trinajstić information content (AvgIpc) is 2.74. The van der Waals surface area contributed by atoms with Crippen LogP contribution in [-0.4, -0.2) is 23.7 Å². The summed E-state index contributed by atoms with van der Waals surface area (Å²) in [5.41, 5.74) is 5.60. The van der Waals surface area contributed by atoms with Crippen LogP contribution in [0, 0.1) is 5.92 Å². The van der Waals surface area contributed by atoms with Crippen molar-refractivity contribution in [2.24, 2.45) is 11.7 Å². The number of carbonyl (C=O) groups excluding carboxylic acids is 1. The van der Waals surface area contributed by atoms with Crippen molar-refractivity contribution in [3.8, 4) is 0 Å². The Morgan fingerprint density at radius 2 is 1.75 bits per heavy atom. The van der Waals surface area contributed by atoms with Gasteiger partial charge in [-0.3, -0.25) is 4.79 Å². The smallest absolute Gasteiger partial charge is 0.353 e. The van der Waals surface area contributed by atoms with Gasteiger partial charge in [0, 0.05) is 18.0 Å². The van der Waals surface area contributed by atoms with Gasteiger partial charge in [-0.2, -0.15) is 13.2 Å². The number of amides is 1. The van der Waals surface area contributed by atoms with Crippen molar-refractivity contribution in [1.29, 1.82) is 0 Å². The number of alkyl halides is 3. The predicted molar refractivity (Wildman–Crippen MR) is 69.9 cm³/mol. The van der Waals surface area contributed by atoms with E-state index in [1.807, 2.05) is 0 Å². The average molecular weight is 292 g/mol. The standard InChI is InChI=1S/C14H23F3N2O/c15-14(16,17)10-5-1-2-6-11(10)19-12(20)9-13(18)7-3-4-8-13/h10-11H,1-9,18H2,(H,19,20). The molecule has 2 aliphatic rings. The van der Waals surface area contributed by atoms with E-state index in [2.05, 4.69) is 5.32 Å². The number of nitrogens with one attached hydrogen (secondary N) is 1. The molecule has 0 saturated heterocycles. The Labute approximate surface area is 117 Å². The third-order valence-corrected chi connectivity index (χ3v) is 4.64. The van der Waals surface area contributed by atoms with E-state index in [0.29, 0.717) is 12.8 Å². The van der Waals surface area contributed by atoms with Crippen LogP contribution in [-0.2, 0) is 4.79 Å². The number of carbonyl (C=O) groups is 1. The van der Waals surface area contributed by atoms with E-state index >= 15 is 0 Å². The number of hydrogen-bond donors (Lipinski definition) is 2. The highest BCUT2D eigenvalue weighted by Crippen LogP contribution is 2.38. The first kappa shape index (κ1) is 15.6. The zero-order chi connectivity index (χ0) is 14.8. The van der Waals surface area contributed by atoms with Crippen LogP contribution >= 0.6 is 0 Å². The highest BCUT2D eigenvalue weighted by atomic mass is 19.4. The summed E-state index contributed by atoms with van der Waals surface area (Å²) in [5.74, 6) is -1.73. The van der Waals surface area contributed by atoms with Crippen molar-refractivity contribution in [2.75, 3.05) is 0 Å². The maximum atomic E-state index is 12.9. The van der Waals surface area contributed by atoms with Crippen LogP contribution < -0.4 is 11.1 Å². The molecule has 0 bridgehead atoms. The normalized spacial score (nSPS) is 30.2. The number of halogens is 3. The predicted octanol–water partition coefficient (Wildman–Crippen LogP) is 2.89. The summed E-state index contributed by atoms with van der Waals surface area (Å²) in [6.07, 6.45) is 1.33. The first-order valence-corrected chi connectivity index (χ1v) is 7.45. The van der Waals surface area contributed by atoms with Crippen molar-refractivity contribution in [3.05, 3.63) is 0 Å². The minimum absolute atomic E-state index is 0.113. The van der Waals surface area contributed by atoms with Crippen LogP contribution in [0.25, 0.3) is 0 Å². The molecule has 2 saturated carbocycles. The van der Waals surface area contributed by atoms with Crippen molar-refractivity contribution in [3.63, 3.8) is 0 Å². The minimum atomic E-state index is -4.23. The molecule has 0 heterocycles. The molecule has 2 fully saturated rings. The number of rotatable bonds is 3. The second-order valence-corrected chi connectivity index (χ2v) is 6.35. The molecule has 6 heteroatoms. The lowest BCUT2D eigenvalue weighted by Crippen LogP contribution is -2.50. The van der Waals surface area contributed by atoms with E-state index in [1.165, 1.54) is 0 Å². The molecule has 0 aromatic rings. The van der Waals surface area contributed by atoms with Gasteiger partial charge < -0.3 is 11.1 Å². The van der Waals surface area contributed by atoms with Gasteiger partial charge in [0.25, 0.3) is 0 Å². The van der Waals surface area contributed by atoms with E-state index in [9.17, 15) is 18.0 Å². The summed E-state index contributed by atoms with van der Waals surface area (Å²) in [5, 5.41) is 2.59. The zero-order valence-electron chi connectivity index (χ0n) is 11.6. The Bertz CT molecular complexity index is 351.